The van der Waals surface area contributed by atoms with Gasteiger partial charge < -0.3 is 14.4 Å². The van der Waals surface area contributed by atoms with E-state index in [-0.39, 0.29) is 12.5 Å². The van der Waals surface area contributed by atoms with Crippen LogP contribution >= 0.6 is 0 Å². The van der Waals surface area contributed by atoms with Crippen molar-refractivity contribution in [2.24, 2.45) is 5.92 Å². The van der Waals surface area contributed by atoms with Gasteiger partial charge in [-0.2, -0.15) is 0 Å². The van der Waals surface area contributed by atoms with Gasteiger partial charge in [0.05, 0.1) is 12.2 Å². The van der Waals surface area contributed by atoms with Crippen molar-refractivity contribution in [1.82, 2.24) is 0 Å². The fraction of sp³-hybridized carbons (Fsp3) is 0.286. The van der Waals surface area contributed by atoms with Crippen LogP contribution in [0.5, 0.6) is 11.5 Å². The molecule has 1 amide bonds. The molecule has 1 saturated carbocycles. The average molecular weight is 335 g/mol. The van der Waals surface area contributed by atoms with Gasteiger partial charge in [0.2, 0.25) is 0 Å². The van der Waals surface area contributed by atoms with Gasteiger partial charge in [0.1, 0.15) is 18.1 Å². The molecule has 2 aromatic rings. The summed E-state index contributed by atoms with van der Waals surface area (Å²) < 4.78 is 11.2. The summed E-state index contributed by atoms with van der Waals surface area (Å²) >= 11 is 0. The first-order chi connectivity index (χ1) is 12.2. The van der Waals surface area contributed by atoms with Crippen molar-refractivity contribution in [1.29, 1.82) is 0 Å². The lowest BCUT2D eigenvalue weighted by Crippen LogP contribution is -2.26. The van der Waals surface area contributed by atoms with Crippen LogP contribution in [0.25, 0.3) is 0 Å². The second-order valence-electron chi connectivity index (χ2n) is 6.10. The Bertz CT molecular complexity index is 772. The third kappa shape index (κ3) is 4.33. The summed E-state index contributed by atoms with van der Waals surface area (Å²) in [5, 5.41) is 0. The Balaban J connectivity index is 1.72. The Labute approximate surface area is 148 Å². The monoisotopic (exact) mass is 335 g/mol. The number of ether oxygens (including phenoxy) is 2. The highest BCUT2D eigenvalue weighted by Crippen LogP contribution is 2.31. The predicted molar refractivity (Wildman–Crippen MR) is 98.2 cm³/mol. The van der Waals surface area contributed by atoms with Gasteiger partial charge in [-0.25, -0.2) is 0 Å². The first kappa shape index (κ1) is 16.9. The Morgan fingerprint density at radius 3 is 2.56 bits per heavy atom. The van der Waals surface area contributed by atoms with Crippen molar-refractivity contribution < 1.29 is 14.3 Å². The van der Waals surface area contributed by atoms with E-state index in [1.54, 1.807) is 30.1 Å². The molecule has 3 rings (SSSR count). The number of rotatable bonds is 7. The van der Waals surface area contributed by atoms with E-state index < -0.39 is 0 Å². The molecule has 0 spiro atoms. The number of hydrogen-bond donors (Lipinski definition) is 0. The maximum absolute atomic E-state index is 12.9. The number of anilines is 1. The highest BCUT2D eigenvalue weighted by Gasteiger charge is 2.24. The van der Waals surface area contributed by atoms with Gasteiger partial charge in [0, 0.05) is 12.7 Å². The molecule has 4 heteroatoms. The molecule has 1 aliphatic carbocycles. The highest BCUT2D eigenvalue weighted by atomic mass is 16.5. The molecule has 128 valence electrons. The van der Waals surface area contributed by atoms with Gasteiger partial charge >= 0.3 is 0 Å². The molecule has 2 aromatic carbocycles. The highest BCUT2D eigenvalue weighted by molar-refractivity contribution is 6.07. The van der Waals surface area contributed by atoms with Crippen LogP contribution in [0.2, 0.25) is 0 Å². The van der Waals surface area contributed by atoms with Crippen LogP contribution in [0.3, 0.4) is 0 Å². The number of nitrogens with zero attached hydrogens (tertiary/aromatic N) is 1. The van der Waals surface area contributed by atoms with Crippen molar-refractivity contribution in [3.63, 3.8) is 0 Å². The molecule has 0 atom stereocenters. The standard InChI is InChI=1S/C21H21NO3/c1-3-14-24-18-12-10-17(11-13-18)22(2)21(23)19-6-4-5-7-20(19)25-15-16-8-9-16/h1,4-7,10-13,16H,8-9,14-15H2,2H3. The van der Waals surface area contributed by atoms with Crippen LogP contribution in [0.4, 0.5) is 5.69 Å². The van der Waals surface area contributed by atoms with Crippen molar-refractivity contribution >= 4 is 11.6 Å². The number of hydrogen-bond acceptors (Lipinski definition) is 3. The largest absolute Gasteiger partial charge is 0.492 e. The number of carbonyl (C=O) groups excluding carboxylic acids is 1. The lowest BCUT2D eigenvalue weighted by molar-refractivity contribution is 0.0988. The van der Waals surface area contributed by atoms with E-state index in [2.05, 4.69) is 5.92 Å². The molecule has 0 N–H and O–H groups in total. The van der Waals surface area contributed by atoms with E-state index >= 15 is 0 Å². The quantitative estimate of drug-likeness (QED) is 0.723. The second-order valence-corrected chi connectivity index (χ2v) is 6.10. The fourth-order valence-corrected chi connectivity index (χ4v) is 2.45. The maximum atomic E-state index is 12.9. The zero-order valence-corrected chi connectivity index (χ0v) is 14.3. The summed E-state index contributed by atoms with van der Waals surface area (Å²) in [6, 6.07) is 14.6. The smallest absolute Gasteiger partial charge is 0.261 e. The van der Waals surface area contributed by atoms with E-state index in [1.807, 2.05) is 30.3 Å². The average Bonchev–Trinajstić information content (AvgIpc) is 3.48. The molecule has 1 fully saturated rings. The summed E-state index contributed by atoms with van der Waals surface area (Å²) in [5.41, 5.74) is 1.34. The third-order valence-corrected chi connectivity index (χ3v) is 4.14. The number of benzene rings is 2. The van der Waals surface area contributed by atoms with Crippen LogP contribution in [0.15, 0.2) is 48.5 Å². The summed E-state index contributed by atoms with van der Waals surface area (Å²) in [6.07, 6.45) is 7.60. The van der Waals surface area contributed by atoms with Gasteiger partial charge in [-0.1, -0.05) is 18.1 Å². The zero-order chi connectivity index (χ0) is 17.6. The molecule has 0 unspecified atom stereocenters. The van der Waals surface area contributed by atoms with Crippen LogP contribution in [0, 0.1) is 18.3 Å². The lowest BCUT2D eigenvalue weighted by Gasteiger charge is -2.19. The van der Waals surface area contributed by atoms with Crippen molar-refractivity contribution in [2.75, 3.05) is 25.2 Å². The topological polar surface area (TPSA) is 38.8 Å². The Hall–Kier alpha value is -2.93. The molecule has 0 aliphatic heterocycles. The molecule has 25 heavy (non-hydrogen) atoms. The van der Waals surface area contributed by atoms with E-state index in [0.717, 1.165) is 5.69 Å². The second kappa shape index (κ2) is 7.76. The van der Waals surface area contributed by atoms with Crippen LogP contribution in [0.1, 0.15) is 23.2 Å². The molecule has 1 aliphatic rings. The minimum Gasteiger partial charge on any atom is -0.492 e. The summed E-state index contributed by atoms with van der Waals surface area (Å²) in [7, 11) is 1.75. The maximum Gasteiger partial charge on any atom is 0.261 e. The predicted octanol–water partition coefficient (Wildman–Crippen LogP) is 3.76. The van der Waals surface area contributed by atoms with E-state index in [1.165, 1.54) is 12.8 Å². The molecule has 0 bridgehead atoms. The van der Waals surface area contributed by atoms with Gasteiger partial charge in [0.25, 0.3) is 5.91 Å². The molecule has 0 radical (unpaired) electrons. The number of carbonyl (C=O) groups is 1. The normalized spacial score (nSPS) is 13.0. The summed E-state index contributed by atoms with van der Waals surface area (Å²) in [6.45, 7) is 0.898. The molecular formula is C21H21NO3. The Morgan fingerprint density at radius 2 is 1.88 bits per heavy atom. The third-order valence-electron chi connectivity index (χ3n) is 4.14. The fourth-order valence-electron chi connectivity index (χ4n) is 2.45. The van der Waals surface area contributed by atoms with Crippen molar-refractivity contribution in [3.8, 4) is 23.8 Å². The van der Waals surface area contributed by atoms with Gasteiger partial charge in [0.15, 0.2) is 0 Å². The summed E-state index contributed by atoms with van der Waals surface area (Å²) in [4.78, 5) is 14.5. The lowest BCUT2D eigenvalue weighted by atomic mass is 10.1. The van der Waals surface area contributed by atoms with Gasteiger partial charge in [-0.05, 0) is 55.2 Å². The summed E-state index contributed by atoms with van der Waals surface area (Å²) in [5.74, 6) is 4.27. The SMILES string of the molecule is C#CCOc1ccc(N(C)C(=O)c2ccccc2OCC2CC2)cc1. The van der Waals surface area contributed by atoms with Crippen molar-refractivity contribution in [2.45, 2.75) is 12.8 Å². The molecular weight excluding hydrogens is 314 g/mol. The first-order valence-electron chi connectivity index (χ1n) is 8.35. The number of amides is 1. The number of para-hydroxylation sites is 1. The minimum absolute atomic E-state index is 0.108. The van der Waals surface area contributed by atoms with Gasteiger partial charge in [-0.15, -0.1) is 6.42 Å². The minimum atomic E-state index is -0.108. The molecule has 0 heterocycles. The molecule has 4 nitrogen and oxygen atoms in total. The van der Waals surface area contributed by atoms with E-state index in [9.17, 15) is 4.79 Å². The Morgan fingerprint density at radius 1 is 1.16 bits per heavy atom. The van der Waals surface area contributed by atoms with E-state index in [0.29, 0.717) is 29.6 Å². The Kier molecular flexibility index (Phi) is 5.25. The van der Waals surface area contributed by atoms with Crippen LogP contribution < -0.4 is 14.4 Å². The van der Waals surface area contributed by atoms with E-state index in [4.69, 9.17) is 15.9 Å². The zero-order valence-electron chi connectivity index (χ0n) is 14.3. The number of terminal acetylenes is 1. The van der Waals surface area contributed by atoms with Crippen LogP contribution in [-0.2, 0) is 0 Å². The first-order valence-corrected chi connectivity index (χ1v) is 8.35. The van der Waals surface area contributed by atoms with Gasteiger partial charge in [-0.3, -0.25) is 4.79 Å². The molecule has 0 aromatic heterocycles. The van der Waals surface area contributed by atoms with Crippen LogP contribution in [-0.4, -0.2) is 26.2 Å². The van der Waals surface area contributed by atoms with Crippen molar-refractivity contribution in [3.05, 3.63) is 54.1 Å². The molecule has 0 saturated heterocycles.